The molecule has 1 aliphatic heterocycles. The second kappa shape index (κ2) is 8.74. The first kappa shape index (κ1) is 16.8. The summed E-state index contributed by atoms with van der Waals surface area (Å²) in [6, 6.07) is 10.7. The summed E-state index contributed by atoms with van der Waals surface area (Å²) in [5.41, 5.74) is 8.23. The Hall–Kier alpha value is -1.61. The molecule has 22 heavy (non-hydrogen) atoms. The summed E-state index contributed by atoms with van der Waals surface area (Å²) < 4.78 is 0. The van der Waals surface area contributed by atoms with E-state index < -0.39 is 0 Å². The number of aryl methyl sites for hydroxylation is 1. The molecule has 0 bridgehead atoms. The molecule has 1 aromatic carbocycles. The summed E-state index contributed by atoms with van der Waals surface area (Å²) >= 11 is 0. The lowest BCUT2D eigenvalue weighted by molar-refractivity contribution is -0.123. The maximum atomic E-state index is 11.2. The number of hydrogen-bond acceptors (Lipinski definition) is 2. The number of hydrogen-bond donors (Lipinski definition) is 1. The van der Waals surface area contributed by atoms with Gasteiger partial charge in [-0.25, -0.2) is 0 Å². The van der Waals surface area contributed by atoms with Crippen molar-refractivity contribution in [3.8, 4) is 0 Å². The van der Waals surface area contributed by atoms with Gasteiger partial charge in [0.05, 0.1) is 0 Å². The predicted octanol–water partition coefficient (Wildman–Crippen LogP) is 3.15. The summed E-state index contributed by atoms with van der Waals surface area (Å²) in [7, 11) is 0. The van der Waals surface area contributed by atoms with Crippen molar-refractivity contribution in [1.82, 2.24) is 4.90 Å². The number of rotatable bonds is 7. The van der Waals surface area contributed by atoms with E-state index in [-0.39, 0.29) is 11.8 Å². The van der Waals surface area contributed by atoms with Crippen LogP contribution < -0.4 is 5.73 Å². The largest absolute Gasteiger partial charge is 0.369 e. The molecule has 3 heteroatoms. The predicted molar refractivity (Wildman–Crippen MR) is 91.5 cm³/mol. The molecule has 0 spiro atoms. The van der Waals surface area contributed by atoms with Crippen LogP contribution in [0.3, 0.4) is 0 Å². The zero-order chi connectivity index (χ0) is 15.8. The first-order chi connectivity index (χ1) is 10.6. The van der Waals surface area contributed by atoms with Crippen LogP contribution >= 0.6 is 0 Å². The highest BCUT2D eigenvalue weighted by atomic mass is 16.1. The number of piperidine rings is 1. The second-order valence-corrected chi connectivity index (χ2v) is 6.38. The number of carbonyl (C=O) groups is 1. The minimum atomic E-state index is -0.132. The highest BCUT2D eigenvalue weighted by molar-refractivity contribution is 5.76. The maximum absolute atomic E-state index is 11.2. The SMILES string of the molecule is C/C(=C\CCCc1ccccc1)CN1CCC(C(N)=O)CC1. The fourth-order valence-electron chi connectivity index (χ4n) is 3.09. The number of amides is 1. The Bertz CT molecular complexity index is 487. The topological polar surface area (TPSA) is 46.3 Å². The molecule has 3 nitrogen and oxygen atoms in total. The van der Waals surface area contributed by atoms with Crippen molar-refractivity contribution in [3.63, 3.8) is 0 Å². The monoisotopic (exact) mass is 300 g/mol. The van der Waals surface area contributed by atoms with E-state index in [1.807, 2.05) is 0 Å². The summed E-state index contributed by atoms with van der Waals surface area (Å²) in [5, 5.41) is 0. The lowest BCUT2D eigenvalue weighted by Crippen LogP contribution is -2.39. The van der Waals surface area contributed by atoms with E-state index >= 15 is 0 Å². The lowest BCUT2D eigenvalue weighted by atomic mass is 9.96. The second-order valence-electron chi connectivity index (χ2n) is 6.38. The van der Waals surface area contributed by atoms with Gasteiger partial charge in [0.1, 0.15) is 0 Å². The molecule has 0 aromatic heterocycles. The summed E-state index contributed by atoms with van der Waals surface area (Å²) in [5.74, 6) is -0.0424. The first-order valence-corrected chi connectivity index (χ1v) is 8.36. The smallest absolute Gasteiger partial charge is 0.220 e. The van der Waals surface area contributed by atoms with Crippen LogP contribution in [0, 0.1) is 5.92 Å². The number of carbonyl (C=O) groups excluding carboxylic acids is 1. The van der Waals surface area contributed by atoms with Gasteiger partial charge < -0.3 is 5.73 Å². The molecule has 0 atom stereocenters. The van der Waals surface area contributed by atoms with Gasteiger partial charge in [0.25, 0.3) is 0 Å². The summed E-state index contributed by atoms with van der Waals surface area (Å²) in [6.07, 6.45) is 7.68. The van der Waals surface area contributed by atoms with Gasteiger partial charge in [-0.05, 0) is 57.7 Å². The molecule has 1 aliphatic rings. The Balaban J connectivity index is 1.64. The number of nitrogens with two attached hydrogens (primary N) is 1. The molecular weight excluding hydrogens is 272 g/mol. The molecular formula is C19H28N2O. The van der Waals surface area contributed by atoms with Gasteiger partial charge in [0.2, 0.25) is 5.91 Å². The van der Waals surface area contributed by atoms with E-state index in [4.69, 9.17) is 5.73 Å². The van der Waals surface area contributed by atoms with Gasteiger partial charge in [-0.1, -0.05) is 42.0 Å². The fourth-order valence-corrected chi connectivity index (χ4v) is 3.09. The molecule has 120 valence electrons. The van der Waals surface area contributed by atoms with E-state index in [1.54, 1.807) is 0 Å². The van der Waals surface area contributed by atoms with Gasteiger partial charge in [-0.15, -0.1) is 0 Å². The Morgan fingerprint density at radius 3 is 2.59 bits per heavy atom. The van der Waals surface area contributed by atoms with Gasteiger partial charge in [0, 0.05) is 12.5 Å². The van der Waals surface area contributed by atoms with Gasteiger partial charge >= 0.3 is 0 Å². The van der Waals surface area contributed by atoms with Crippen LogP contribution in [0.5, 0.6) is 0 Å². The molecule has 2 rings (SSSR count). The molecule has 1 heterocycles. The van der Waals surface area contributed by atoms with Crippen molar-refractivity contribution in [3.05, 3.63) is 47.5 Å². The molecule has 0 saturated carbocycles. The average molecular weight is 300 g/mol. The minimum absolute atomic E-state index is 0.0893. The number of benzene rings is 1. The summed E-state index contributed by atoms with van der Waals surface area (Å²) in [6.45, 7) is 5.21. The number of likely N-dealkylation sites (tertiary alicyclic amines) is 1. The van der Waals surface area contributed by atoms with Crippen LogP contribution in [0.15, 0.2) is 42.0 Å². The minimum Gasteiger partial charge on any atom is -0.369 e. The van der Waals surface area contributed by atoms with Crippen LogP contribution in [-0.2, 0) is 11.2 Å². The lowest BCUT2D eigenvalue weighted by Gasteiger charge is -2.30. The first-order valence-electron chi connectivity index (χ1n) is 8.36. The zero-order valence-electron chi connectivity index (χ0n) is 13.6. The molecule has 1 aromatic rings. The highest BCUT2D eigenvalue weighted by Crippen LogP contribution is 2.17. The van der Waals surface area contributed by atoms with Crippen molar-refractivity contribution in [1.29, 1.82) is 0 Å². The molecule has 0 unspecified atom stereocenters. The van der Waals surface area contributed by atoms with Crippen molar-refractivity contribution in [2.24, 2.45) is 11.7 Å². The number of nitrogens with zero attached hydrogens (tertiary/aromatic N) is 1. The fraction of sp³-hybridized carbons (Fsp3) is 0.526. The molecule has 2 N–H and O–H groups in total. The Morgan fingerprint density at radius 1 is 1.27 bits per heavy atom. The Kier molecular flexibility index (Phi) is 6.66. The van der Waals surface area contributed by atoms with Crippen LogP contribution in [-0.4, -0.2) is 30.4 Å². The standard InChI is InChI=1S/C19H28N2O/c1-16(7-5-6-10-17-8-3-2-4-9-17)15-21-13-11-18(12-14-21)19(20)22/h2-4,7-9,18H,5-6,10-15H2,1H3,(H2,20,22)/b16-7+. The molecule has 0 aliphatic carbocycles. The number of primary amides is 1. The maximum Gasteiger partial charge on any atom is 0.220 e. The average Bonchev–Trinajstić information content (AvgIpc) is 2.53. The molecule has 1 amide bonds. The van der Waals surface area contributed by atoms with Crippen LogP contribution in [0.1, 0.15) is 38.2 Å². The third-order valence-electron chi connectivity index (χ3n) is 4.47. The van der Waals surface area contributed by atoms with Crippen LogP contribution in [0.25, 0.3) is 0 Å². The summed E-state index contributed by atoms with van der Waals surface area (Å²) in [4.78, 5) is 13.6. The third kappa shape index (κ3) is 5.64. The van der Waals surface area contributed by atoms with Crippen molar-refractivity contribution < 1.29 is 4.79 Å². The van der Waals surface area contributed by atoms with Gasteiger partial charge in [-0.3, -0.25) is 9.69 Å². The Morgan fingerprint density at radius 2 is 1.95 bits per heavy atom. The van der Waals surface area contributed by atoms with E-state index in [1.165, 1.54) is 17.6 Å². The van der Waals surface area contributed by atoms with Crippen molar-refractivity contribution in [2.45, 2.75) is 39.0 Å². The van der Waals surface area contributed by atoms with E-state index in [0.29, 0.717) is 0 Å². The zero-order valence-corrected chi connectivity index (χ0v) is 13.6. The number of unbranched alkanes of at least 4 members (excludes halogenated alkanes) is 1. The Labute approximate surface area is 134 Å². The van der Waals surface area contributed by atoms with E-state index in [2.05, 4.69) is 48.2 Å². The van der Waals surface area contributed by atoms with Crippen molar-refractivity contribution in [2.75, 3.05) is 19.6 Å². The quantitative estimate of drug-likeness (QED) is 0.621. The van der Waals surface area contributed by atoms with Crippen molar-refractivity contribution >= 4 is 5.91 Å². The molecule has 1 fully saturated rings. The van der Waals surface area contributed by atoms with E-state index in [9.17, 15) is 4.79 Å². The van der Waals surface area contributed by atoms with Gasteiger partial charge in [0.15, 0.2) is 0 Å². The molecule has 1 saturated heterocycles. The van der Waals surface area contributed by atoms with E-state index in [0.717, 1.165) is 45.3 Å². The van der Waals surface area contributed by atoms with Crippen LogP contribution in [0.2, 0.25) is 0 Å². The van der Waals surface area contributed by atoms with Gasteiger partial charge in [-0.2, -0.15) is 0 Å². The normalized spacial score (nSPS) is 17.6. The number of allylic oxidation sites excluding steroid dienone is 1. The third-order valence-corrected chi connectivity index (χ3v) is 4.47. The molecule has 0 radical (unpaired) electrons. The highest BCUT2D eigenvalue weighted by Gasteiger charge is 2.22. The van der Waals surface area contributed by atoms with Crippen LogP contribution in [0.4, 0.5) is 0 Å².